The standard InChI is InChI=1S/C17H15Cl2N5/c1-11-3-2-4-12(7-11)9-20-16-10-21-24-17(23-16)22-15-8-13(18)5-6-14(15)19/h2-8,10H,9H2,1H3,(H2,20,22,23,24). The first-order chi connectivity index (χ1) is 11.6. The molecule has 1 aromatic heterocycles. The van der Waals surface area contributed by atoms with E-state index in [4.69, 9.17) is 23.2 Å². The predicted molar refractivity (Wildman–Crippen MR) is 98.1 cm³/mol. The van der Waals surface area contributed by atoms with Crippen LogP contribution < -0.4 is 10.6 Å². The van der Waals surface area contributed by atoms with E-state index >= 15 is 0 Å². The lowest BCUT2D eigenvalue weighted by molar-refractivity contribution is 0.965. The molecule has 1 heterocycles. The summed E-state index contributed by atoms with van der Waals surface area (Å²) in [5, 5.41) is 15.3. The van der Waals surface area contributed by atoms with Gasteiger partial charge in [-0.25, -0.2) is 0 Å². The molecule has 0 radical (unpaired) electrons. The largest absolute Gasteiger partial charge is 0.365 e. The summed E-state index contributed by atoms with van der Waals surface area (Å²) in [6.07, 6.45) is 1.57. The molecule has 7 heteroatoms. The van der Waals surface area contributed by atoms with Crippen molar-refractivity contribution < 1.29 is 0 Å². The van der Waals surface area contributed by atoms with Gasteiger partial charge in [-0.3, -0.25) is 0 Å². The second-order valence-electron chi connectivity index (χ2n) is 5.26. The maximum Gasteiger partial charge on any atom is 0.249 e. The zero-order valence-corrected chi connectivity index (χ0v) is 14.4. The minimum Gasteiger partial charge on any atom is -0.365 e. The van der Waals surface area contributed by atoms with E-state index in [2.05, 4.69) is 50.9 Å². The van der Waals surface area contributed by atoms with Crippen LogP contribution >= 0.6 is 23.2 Å². The zero-order chi connectivity index (χ0) is 16.9. The fourth-order valence-corrected chi connectivity index (χ4v) is 2.51. The molecule has 0 saturated heterocycles. The van der Waals surface area contributed by atoms with Gasteiger partial charge in [0.15, 0.2) is 5.82 Å². The number of nitrogens with zero attached hydrogens (tertiary/aromatic N) is 3. The van der Waals surface area contributed by atoms with Crippen molar-refractivity contribution in [1.82, 2.24) is 15.2 Å². The Kier molecular flexibility index (Phi) is 5.13. The van der Waals surface area contributed by atoms with Crippen LogP contribution in [-0.4, -0.2) is 15.2 Å². The van der Waals surface area contributed by atoms with Gasteiger partial charge in [0.1, 0.15) is 0 Å². The first-order valence-electron chi connectivity index (χ1n) is 7.31. The minimum absolute atomic E-state index is 0.341. The molecule has 3 aromatic rings. The van der Waals surface area contributed by atoms with Crippen molar-refractivity contribution in [1.29, 1.82) is 0 Å². The molecule has 0 unspecified atom stereocenters. The Morgan fingerprint density at radius 3 is 2.79 bits per heavy atom. The molecule has 0 spiro atoms. The van der Waals surface area contributed by atoms with E-state index in [9.17, 15) is 0 Å². The zero-order valence-electron chi connectivity index (χ0n) is 12.9. The second kappa shape index (κ2) is 7.47. The summed E-state index contributed by atoms with van der Waals surface area (Å²) in [4.78, 5) is 4.38. The number of halogens is 2. The Hall–Kier alpha value is -2.37. The number of aryl methyl sites for hydroxylation is 1. The van der Waals surface area contributed by atoms with E-state index in [-0.39, 0.29) is 0 Å². The van der Waals surface area contributed by atoms with Crippen LogP contribution in [0.5, 0.6) is 0 Å². The van der Waals surface area contributed by atoms with E-state index in [1.54, 1.807) is 24.4 Å². The van der Waals surface area contributed by atoms with Crippen molar-refractivity contribution in [3.05, 3.63) is 69.8 Å². The molecule has 0 fully saturated rings. The third-order valence-electron chi connectivity index (χ3n) is 3.29. The van der Waals surface area contributed by atoms with Gasteiger partial charge in [-0.2, -0.15) is 10.1 Å². The second-order valence-corrected chi connectivity index (χ2v) is 6.10. The molecule has 0 aliphatic rings. The van der Waals surface area contributed by atoms with Gasteiger partial charge < -0.3 is 10.6 Å². The first-order valence-corrected chi connectivity index (χ1v) is 8.07. The molecule has 122 valence electrons. The third-order valence-corrected chi connectivity index (χ3v) is 3.85. The number of aromatic nitrogens is 3. The SMILES string of the molecule is Cc1cccc(CNc2cnnc(Nc3cc(Cl)ccc3Cl)n2)c1. The highest BCUT2D eigenvalue weighted by Crippen LogP contribution is 2.27. The van der Waals surface area contributed by atoms with Crippen LogP contribution in [0.4, 0.5) is 17.5 Å². The van der Waals surface area contributed by atoms with Crippen LogP contribution in [-0.2, 0) is 6.54 Å². The molecule has 2 aromatic carbocycles. The Labute approximate surface area is 150 Å². The smallest absolute Gasteiger partial charge is 0.249 e. The number of rotatable bonds is 5. The quantitative estimate of drug-likeness (QED) is 0.682. The Morgan fingerprint density at radius 1 is 1.08 bits per heavy atom. The van der Waals surface area contributed by atoms with E-state index < -0.39 is 0 Å². The van der Waals surface area contributed by atoms with Gasteiger partial charge in [0.2, 0.25) is 5.95 Å². The molecule has 24 heavy (non-hydrogen) atoms. The molecule has 2 N–H and O–H groups in total. The summed E-state index contributed by atoms with van der Waals surface area (Å²) in [6, 6.07) is 13.4. The molecular formula is C17H15Cl2N5. The average Bonchev–Trinajstić information content (AvgIpc) is 2.57. The van der Waals surface area contributed by atoms with Gasteiger partial charge in [0.25, 0.3) is 0 Å². The lowest BCUT2D eigenvalue weighted by Crippen LogP contribution is -2.06. The van der Waals surface area contributed by atoms with Crippen LogP contribution in [0.25, 0.3) is 0 Å². The van der Waals surface area contributed by atoms with Gasteiger partial charge in [-0.05, 0) is 30.7 Å². The molecule has 5 nitrogen and oxygen atoms in total. The van der Waals surface area contributed by atoms with E-state index in [0.717, 1.165) is 0 Å². The maximum atomic E-state index is 6.13. The molecule has 0 bridgehead atoms. The Balaban J connectivity index is 1.71. The summed E-state index contributed by atoms with van der Waals surface area (Å²) in [7, 11) is 0. The summed E-state index contributed by atoms with van der Waals surface area (Å²) < 4.78 is 0. The van der Waals surface area contributed by atoms with Crippen molar-refractivity contribution >= 4 is 40.7 Å². The van der Waals surface area contributed by atoms with Crippen LogP contribution in [0.3, 0.4) is 0 Å². The van der Waals surface area contributed by atoms with Gasteiger partial charge in [0.05, 0.1) is 16.9 Å². The molecule has 3 rings (SSSR count). The van der Waals surface area contributed by atoms with Gasteiger partial charge in [-0.15, -0.1) is 5.10 Å². The normalized spacial score (nSPS) is 10.5. The molecule has 0 saturated carbocycles. The van der Waals surface area contributed by atoms with E-state index in [1.165, 1.54) is 11.1 Å². The van der Waals surface area contributed by atoms with Gasteiger partial charge >= 0.3 is 0 Å². The molecular weight excluding hydrogens is 345 g/mol. The topological polar surface area (TPSA) is 62.7 Å². The van der Waals surface area contributed by atoms with Crippen molar-refractivity contribution in [2.75, 3.05) is 10.6 Å². The summed E-state index contributed by atoms with van der Waals surface area (Å²) >= 11 is 12.1. The monoisotopic (exact) mass is 359 g/mol. The summed E-state index contributed by atoms with van der Waals surface area (Å²) in [6.45, 7) is 2.71. The maximum absolute atomic E-state index is 6.13. The third kappa shape index (κ3) is 4.34. The highest BCUT2D eigenvalue weighted by molar-refractivity contribution is 6.35. The van der Waals surface area contributed by atoms with Crippen molar-refractivity contribution in [2.24, 2.45) is 0 Å². The van der Waals surface area contributed by atoms with Crippen LogP contribution in [0, 0.1) is 6.92 Å². The minimum atomic E-state index is 0.341. The Bertz CT molecular complexity index is 854. The molecule has 0 aliphatic carbocycles. The first kappa shape index (κ1) is 16.5. The predicted octanol–water partition coefficient (Wildman–Crippen LogP) is 4.84. The molecule has 0 amide bonds. The molecule has 0 atom stereocenters. The fourth-order valence-electron chi connectivity index (χ4n) is 2.17. The lowest BCUT2D eigenvalue weighted by Gasteiger charge is -2.09. The number of hydrogen-bond acceptors (Lipinski definition) is 5. The van der Waals surface area contributed by atoms with E-state index in [1.807, 2.05) is 6.07 Å². The number of nitrogens with one attached hydrogen (secondary N) is 2. The van der Waals surface area contributed by atoms with Crippen LogP contribution in [0.2, 0.25) is 10.0 Å². The van der Waals surface area contributed by atoms with Crippen LogP contribution in [0.1, 0.15) is 11.1 Å². The van der Waals surface area contributed by atoms with Crippen molar-refractivity contribution in [3.63, 3.8) is 0 Å². The summed E-state index contributed by atoms with van der Waals surface area (Å²) in [5.74, 6) is 0.959. The number of hydrogen-bond donors (Lipinski definition) is 2. The Morgan fingerprint density at radius 2 is 1.96 bits per heavy atom. The van der Waals surface area contributed by atoms with Gasteiger partial charge in [-0.1, -0.05) is 53.0 Å². The van der Waals surface area contributed by atoms with E-state index in [0.29, 0.717) is 34.0 Å². The van der Waals surface area contributed by atoms with Crippen molar-refractivity contribution in [2.45, 2.75) is 13.5 Å². The summed E-state index contributed by atoms with van der Waals surface area (Å²) in [5.41, 5.74) is 3.01. The number of benzene rings is 2. The number of anilines is 3. The highest BCUT2D eigenvalue weighted by atomic mass is 35.5. The highest BCUT2D eigenvalue weighted by Gasteiger charge is 2.05. The lowest BCUT2D eigenvalue weighted by atomic mass is 10.1. The van der Waals surface area contributed by atoms with Crippen molar-refractivity contribution in [3.8, 4) is 0 Å². The average molecular weight is 360 g/mol. The molecule has 0 aliphatic heterocycles. The van der Waals surface area contributed by atoms with Crippen LogP contribution in [0.15, 0.2) is 48.7 Å². The van der Waals surface area contributed by atoms with Gasteiger partial charge in [0, 0.05) is 11.6 Å². The fraction of sp³-hybridized carbons (Fsp3) is 0.118.